The zero-order valence-electron chi connectivity index (χ0n) is 11.1. The third-order valence-electron chi connectivity index (χ3n) is 3.01. The zero-order valence-corrected chi connectivity index (χ0v) is 12.7. The van der Waals surface area contributed by atoms with Gasteiger partial charge in [-0.25, -0.2) is 0 Å². The van der Waals surface area contributed by atoms with Crippen LogP contribution in [-0.4, -0.2) is 10.8 Å². The smallest absolute Gasteiger partial charge is 0.274 e. The molecule has 2 aromatic carbocycles. The molecule has 108 valence electrons. The lowest BCUT2D eigenvalue weighted by atomic mass is 10.1. The number of amides is 1. The summed E-state index contributed by atoms with van der Waals surface area (Å²) in [5, 5.41) is 13.5. The van der Waals surface area contributed by atoms with Gasteiger partial charge in [-0.2, -0.15) is 0 Å². The Morgan fingerprint density at radius 3 is 2.67 bits per heavy atom. The lowest BCUT2D eigenvalue weighted by molar-refractivity contribution is -0.385. The van der Waals surface area contributed by atoms with E-state index in [-0.39, 0.29) is 11.6 Å². The zero-order chi connectivity index (χ0) is 15.6. The number of carbonyl (C=O) groups excluding carboxylic acids is 1. The van der Waals surface area contributed by atoms with Gasteiger partial charge in [0, 0.05) is 21.8 Å². The fraction of sp³-hybridized carbons (Fsp3) is 0.0714. The maximum atomic E-state index is 12.2. The highest BCUT2D eigenvalue weighted by Crippen LogP contribution is 2.26. The Bertz CT molecular complexity index is 731. The molecular weight excluding hydrogens is 338 g/mol. The number of nitrogens with zero attached hydrogens (tertiary/aromatic N) is 1. The molecule has 0 unspecified atom stereocenters. The minimum absolute atomic E-state index is 0.0358. The topological polar surface area (TPSA) is 98.3 Å². The summed E-state index contributed by atoms with van der Waals surface area (Å²) in [6.07, 6.45) is 0. The fourth-order valence-electron chi connectivity index (χ4n) is 1.82. The summed E-state index contributed by atoms with van der Waals surface area (Å²) >= 11 is 3.25. The van der Waals surface area contributed by atoms with Crippen LogP contribution in [0.1, 0.15) is 15.9 Å². The van der Waals surface area contributed by atoms with Crippen molar-refractivity contribution in [3.8, 4) is 0 Å². The van der Waals surface area contributed by atoms with E-state index in [9.17, 15) is 14.9 Å². The average molecular weight is 350 g/mol. The van der Waals surface area contributed by atoms with Crippen LogP contribution in [0.5, 0.6) is 0 Å². The van der Waals surface area contributed by atoms with Crippen LogP contribution in [0, 0.1) is 17.0 Å². The van der Waals surface area contributed by atoms with Crippen LogP contribution in [0.25, 0.3) is 0 Å². The monoisotopic (exact) mass is 349 g/mol. The van der Waals surface area contributed by atoms with Gasteiger partial charge in [0.05, 0.1) is 16.2 Å². The van der Waals surface area contributed by atoms with Gasteiger partial charge in [-0.15, -0.1) is 0 Å². The first kappa shape index (κ1) is 15.0. The Morgan fingerprint density at radius 2 is 2.05 bits per heavy atom. The average Bonchev–Trinajstić information content (AvgIpc) is 2.43. The van der Waals surface area contributed by atoms with Gasteiger partial charge in [-0.05, 0) is 47.1 Å². The van der Waals surface area contributed by atoms with Gasteiger partial charge in [0.2, 0.25) is 0 Å². The molecule has 7 heteroatoms. The fourth-order valence-corrected chi connectivity index (χ4v) is 2.20. The number of hydrogen-bond donors (Lipinski definition) is 2. The van der Waals surface area contributed by atoms with Gasteiger partial charge in [-0.3, -0.25) is 14.9 Å². The predicted molar refractivity (Wildman–Crippen MR) is 84.3 cm³/mol. The number of hydrogen-bond acceptors (Lipinski definition) is 4. The summed E-state index contributed by atoms with van der Waals surface area (Å²) in [5.74, 6) is -0.362. The molecule has 0 saturated carbocycles. The predicted octanol–water partition coefficient (Wildman–Crippen LogP) is 3.50. The molecule has 0 aliphatic carbocycles. The molecule has 0 bridgehead atoms. The van der Waals surface area contributed by atoms with E-state index in [1.807, 2.05) is 0 Å². The van der Waals surface area contributed by atoms with Gasteiger partial charge in [0.15, 0.2) is 0 Å². The molecule has 0 atom stereocenters. The third-order valence-corrected chi connectivity index (χ3v) is 3.70. The van der Waals surface area contributed by atoms with Crippen molar-refractivity contribution in [2.75, 3.05) is 11.1 Å². The minimum Gasteiger partial charge on any atom is -0.398 e. The van der Waals surface area contributed by atoms with Crippen molar-refractivity contribution in [3.63, 3.8) is 0 Å². The standard InChI is InChI=1S/C14H12BrN3O3/c1-8-12(3-2-4-13(8)18(20)21)17-14(19)9-5-6-11(16)10(15)7-9/h2-7H,16H2,1H3,(H,17,19). The van der Waals surface area contributed by atoms with Crippen molar-refractivity contribution in [1.29, 1.82) is 0 Å². The number of benzene rings is 2. The van der Waals surface area contributed by atoms with E-state index >= 15 is 0 Å². The highest BCUT2D eigenvalue weighted by atomic mass is 79.9. The van der Waals surface area contributed by atoms with E-state index in [1.54, 1.807) is 31.2 Å². The first-order valence-corrected chi connectivity index (χ1v) is 6.80. The lowest BCUT2D eigenvalue weighted by Crippen LogP contribution is -2.13. The minimum atomic E-state index is -0.481. The van der Waals surface area contributed by atoms with Crippen molar-refractivity contribution >= 4 is 38.9 Å². The molecule has 6 nitrogen and oxygen atoms in total. The van der Waals surface area contributed by atoms with Crippen LogP contribution >= 0.6 is 15.9 Å². The summed E-state index contributed by atoms with van der Waals surface area (Å²) in [7, 11) is 0. The summed E-state index contributed by atoms with van der Waals surface area (Å²) in [6, 6.07) is 9.33. The van der Waals surface area contributed by atoms with E-state index in [4.69, 9.17) is 5.73 Å². The van der Waals surface area contributed by atoms with Crippen LogP contribution in [0.2, 0.25) is 0 Å². The van der Waals surface area contributed by atoms with Crippen LogP contribution in [0.3, 0.4) is 0 Å². The van der Waals surface area contributed by atoms with Crippen LogP contribution in [-0.2, 0) is 0 Å². The highest BCUT2D eigenvalue weighted by Gasteiger charge is 2.15. The van der Waals surface area contributed by atoms with Crippen molar-refractivity contribution < 1.29 is 9.72 Å². The summed E-state index contributed by atoms with van der Waals surface area (Å²) in [5.41, 5.74) is 7.37. The number of halogens is 1. The molecule has 0 spiro atoms. The SMILES string of the molecule is Cc1c(NC(=O)c2ccc(N)c(Br)c2)cccc1[N+](=O)[O-]. The van der Waals surface area contributed by atoms with E-state index in [1.165, 1.54) is 12.1 Å². The summed E-state index contributed by atoms with van der Waals surface area (Å²) in [6.45, 7) is 1.59. The number of nitrogens with two attached hydrogens (primary N) is 1. The van der Waals surface area contributed by atoms with Crippen molar-refractivity contribution in [2.45, 2.75) is 6.92 Å². The van der Waals surface area contributed by atoms with Gasteiger partial charge in [-0.1, -0.05) is 6.07 Å². The molecule has 0 fully saturated rings. The maximum Gasteiger partial charge on any atom is 0.274 e. The highest BCUT2D eigenvalue weighted by molar-refractivity contribution is 9.10. The van der Waals surface area contributed by atoms with E-state index in [2.05, 4.69) is 21.2 Å². The Kier molecular flexibility index (Phi) is 4.23. The number of rotatable bonds is 3. The van der Waals surface area contributed by atoms with Crippen LogP contribution in [0.4, 0.5) is 17.1 Å². The number of nitrogens with one attached hydrogen (secondary N) is 1. The van der Waals surface area contributed by atoms with Gasteiger partial charge in [0.25, 0.3) is 11.6 Å². The van der Waals surface area contributed by atoms with Crippen molar-refractivity contribution in [2.24, 2.45) is 0 Å². The molecule has 3 N–H and O–H groups in total. The van der Waals surface area contributed by atoms with Crippen molar-refractivity contribution in [3.05, 3.63) is 62.1 Å². The molecule has 0 aliphatic heterocycles. The summed E-state index contributed by atoms with van der Waals surface area (Å²) < 4.78 is 0.617. The van der Waals surface area contributed by atoms with Crippen molar-refractivity contribution in [1.82, 2.24) is 0 Å². The number of nitro benzene ring substituents is 1. The largest absolute Gasteiger partial charge is 0.398 e. The van der Waals surface area contributed by atoms with Crippen LogP contribution in [0.15, 0.2) is 40.9 Å². The van der Waals surface area contributed by atoms with Gasteiger partial charge < -0.3 is 11.1 Å². The Labute approximate surface area is 129 Å². The quantitative estimate of drug-likeness (QED) is 0.503. The molecule has 0 saturated heterocycles. The molecule has 2 rings (SSSR count). The molecule has 0 aromatic heterocycles. The molecule has 0 heterocycles. The molecule has 2 aromatic rings. The van der Waals surface area contributed by atoms with E-state index < -0.39 is 4.92 Å². The Morgan fingerprint density at radius 1 is 1.33 bits per heavy atom. The lowest BCUT2D eigenvalue weighted by Gasteiger charge is -2.09. The second-order valence-corrected chi connectivity index (χ2v) is 5.25. The van der Waals surface area contributed by atoms with Gasteiger partial charge >= 0.3 is 0 Å². The summed E-state index contributed by atoms with van der Waals surface area (Å²) in [4.78, 5) is 22.6. The first-order valence-electron chi connectivity index (χ1n) is 6.00. The second kappa shape index (κ2) is 5.92. The second-order valence-electron chi connectivity index (χ2n) is 4.40. The normalized spacial score (nSPS) is 10.2. The van der Waals surface area contributed by atoms with Gasteiger partial charge in [0.1, 0.15) is 0 Å². The Balaban J connectivity index is 2.29. The number of anilines is 2. The molecule has 21 heavy (non-hydrogen) atoms. The Hall–Kier alpha value is -2.41. The maximum absolute atomic E-state index is 12.2. The third kappa shape index (κ3) is 3.19. The molecule has 1 amide bonds. The number of carbonyl (C=O) groups is 1. The molecule has 0 radical (unpaired) electrons. The first-order chi connectivity index (χ1) is 9.90. The van der Waals surface area contributed by atoms with E-state index in [0.29, 0.717) is 27.0 Å². The molecular formula is C14H12BrN3O3. The molecule has 0 aliphatic rings. The van der Waals surface area contributed by atoms with Crippen LogP contribution < -0.4 is 11.1 Å². The number of nitrogen functional groups attached to an aromatic ring is 1. The van der Waals surface area contributed by atoms with E-state index in [0.717, 1.165) is 0 Å². The number of nitro groups is 1.